The van der Waals surface area contributed by atoms with Crippen LogP contribution in [0.4, 0.5) is 11.5 Å². The van der Waals surface area contributed by atoms with Crippen molar-refractivity contribution >= 4 is 17.5 Å². The van der Waals surface area contributed by atoms with Gasteiger partial charge in [0.05, 0.1) is 26.9 Å². The highest BCUT2D eigenvalue weighted by molar-refractivity contribution is 5.86. The van der Waals surface area contributed by atoms with E-state index in [1.165, 1.54) is 23.8 Å². The third-order valence-corrected chi connectivity index (χ3v) is 4.58. The summed E-state index contributed by atoms with van der Waals surface area (Å²) in [5.74, 6) is -0.179. The molecule has 152 valence electrons. The van der Waals surface area contributed by atoms with Gasteiger partial charge in [0, 0.05) is 19.6 Å². The van der Waals surface area contributed by atoms with Crippen molar-refractivity contribution in [2.24, 2.45) is 0 Å². The number of methoxy groups -OCH3 is 1. The van der Waals surface area contributed by atoms with Crippen LogP contribution in [-0.2, 0) is 22.6 Å². The van der Waals surface area contributed by atoms with Crippen LogP contribution in [0.1, 0.15) is 29.7 Å². The van der Waals surface area contributed by atoms with Gasteiger partial charge in [0.15, 0.2) is 0 Å². The second kappa shape index (κ2) is 8.34. The quantitative estimate of drug-likeness (QED) is 0.695. The molecule has 3 heterocycles. The van der Waals surface area contributed by atoms with Crippen molar-refractivity contribution in [2.75, 3.05) is 44.0 Å². The number of rotatable bonds is 6. The minimum absolute atomic E-state index is 0.00304. The lowest BCUT2D eigenvalue weighted by atomic mass is 10.3. The minimum atomic E-state index is -0.631. The van der Waals surface area contributed by atoms with Crippen LogP contribution in [0.5, 0.6) is 0 Å². The second-order valence-corrected chi connectivity index (χ2v) is 6.42. The van der Waals surface area contributed by atoms with Gasteiger partial charge in [0.2, 0.25) is 5.76 Å². The molecule has 0 saturated carbocycles. The summed E-state index contributed by atoms with van der Waals surface area (Å²) in [6.07, 6.45) is 0.679. The van der Waals surface area contributed by atoms with E-state index in [0.29, 0.717) is 45.0 Å². The van der Waals surface area contributed by atoms with Crippen LogP contribution in [0.2, 0.25) is 0 Å². The van der Waals surface area contributed by atoms with Crippen LogP contribution in [0.3, 0.4) is 0 Å². The summed E-state index contributed by atoms with van der Waals surface area (Å²) in [4.78, 5) is 39.4. The maximum atomic E-state index is 13.1. The molecule has 2 aromatic heterocycles. The van der Waals surface area contributed by atoms with Crippen LogP contribution in [0.25, 0.3) is 0 Å². The summed E-state index contributed by atoms with van der Waals surface area (Å²) in [5.41, 5.74) is 5.49. The third-order valence-electron chi connectivity index (χ3n) is 4.58. The number of esters is 1. The van der Waals surface area contributed by atoms with E-state index in [4.69, 9.17) is 14.9 Å². The summed E-state index contributed by atoms with van der Waals surface area (Å²) < 4.78 is 17.9. The summed E-state index contributed by atoms with van der Waals surface area (Å²) in [6.45, 7) is 4.17. The molecule has 0 amide bonds. The van der Waals surface area contributed by atoms with Crippen molar-refractivity contribution < 1.29 is 18.7 Å². The molecule has 0 bridgehead atoms. The van der Waals surface area contributed by atoms with Crippen LogP contribution in [0, 0.1) is 0 Å². The Morgan fingerprint density at radius 1 is 1.21 bits per heavy atom. The number of carbonyl (C=O) groups is 1. The number of nitrogens with zero attached hydrogens (tertiary/aromatic N) is 3. The molecule has 0 radical (unpaired) electrons. The molecule has 2 aromatic rings. The van der Waals surface area contributed by atoms with Gasteiger partial charge in [0.25, 0.3) is 5.56 Å². The van der Waals surface area contributed by atoms with Gasteiger partial charge in [-0.3, -0.25) is 13.9 Å². The molecule has 1 aliphatic rings. The zero-order valence-electron chi connectivity index (χ0n) is 16.0. The number of hydrogen-bond acceptors (Lipinski definition) is 8. The van der Waals surface area contributed by atoms with Gasteiger partial charge < -0.3 is 24.5 Å². The lowest BCUT2D eigenvalue weighted by Gasteiger charge is -2.30. The van der Waals surface area contributed by atoms with Crippen molar-refractivity contribution in [3.8, 4) is 0 Å². The van der Waals surface area contributed by atoms with Crippen LogP contribution in [0.15, 0.2) is 26.1 Å². The van der Waals surface area contributed by atoms with E-state index in [-0.39, 0.29) is 23.8 Å². The van der Waals surface area contributed by atoms with Crippen LogP contribution < -0.4 is 21.9 Å². The number of furan rings is 1. The smallest absolute Gasteiger partial charge is 0.373 e. The highest BCUT2D eigenvalue weighted by Gasteiger charge is 2.24. The first-order chi connectivity index (χ1) is 13.5. The first kappa shape index (κ1) is 19.7. The number of morpholine rings is 1. The number of anilines is 2. The highest BCUT2D eigenvalue weighted by atomic mass is 16.5. The largest absolute Gasteiger partial charge is 0.463 e. The van der Waals surface area contributed by atoms with Crippen LogP contribution in [-0.4, -0.2) is 48.5 Å². The maximum absolute atomic E-state index is 13.1. The summed E-state index contributed by atoms with van der Waals surface area (Å²) >= 11 is 0. The van der Waals surface area contributed by atoms with Gasteiger partial charge in [-0.2, -0.15) is 0 Å². The van der Waals surface area contributed by atoms with E-state index >= 15 is 0 Å². The predicted octanol–water partition coefficient (Wildman–Crippen LogP) is 0.267. The highest BCUT2D eigenvalue weighted by Crippen LogP contribution is 2.19. The van der Waals surface area contributed by atoms with Gasteiger partial charge in [0.1, 0.15) is 17.3 Å². The predicted molar refractivity (Wildman–Crippen MR) is 102 cm³/mol. The molecule has 0 aromatic carbocycles. The first-order valence-electron chi connectivity index (χ1n) is 9.10. The number of aromatic nitrogens is 2. The molecule has 10 nitrogen and oxygen atoms in total. The zero-order chi connectivity index (χ0) is 20.3. The molecule has 0 atom stereocenters. The monoisotopic (exact) mass is 392 g/mol. The Kier molecular flexibility index (Phi) is 5.88. The molecular formula is C18H24N4O6. The van der Waals surface area contributed by atoms with E-state index in [0.717, 1.165) is 4.57 Å². The zero-order valence-corrected chi connectivity index (χ0v) is 16.0. The Morgan fingerprint density at radius 2 is 1.93 bits per heavy atom. The molecule has 0 unspecified atom stereocenters. The topological polar surface area (TPSA) is 122 Å². The van der Waals surface area contributed by atoms with Crippen molar-refractivity contribution in [3.63, 3.8) is 0 Å². The molecule has 10 heteroatoms. The molecule has 1 aliphatic heterocycles. The lowest BCUT2D eigenvalue weighted by molar-refractivity contribution is 0.0563. The van der Waals surface area contributed by atoms with Crippen molar-refractivity contribution in [2.45, 2.75) is 26.4 Å². The number of nitrogen functional groups attached to an aromatic ring is 1. The number of carbonyl (C=O) groups excluding carboxylic acids is 1. The Bertz CT molecular complexity index is 967. The van der Waals surface area contributed by atoms with Crippen molar-refractivity contribution in [1.82, 2.24) is 9.13 Å². The molecule has 3 rings (SSSR count). The molecule has 0 spiro atoms. The first-order valence-corrected chi connectivity index (χ1v) is 9.10. The molecular weight excluding hydrogens is 368 g/mol. The van der Waals surface area contributed by atoms with E-state index in [1.54, 1.807) is 0 Å². The Morgan fingerprint density at radius 3 is 2.57 bits per heavy atom. The lowest BCUT2D eigenvalue weighted by Crippen LogP contribution is -2.47. The fourth-order valence-electron chi connectivity index (χ4n) is 3.19. The van der Waals surface area contributed by atoms with Gasteiger partial charge >= 0.3 is 11.7 Å². The molecule has 2 N–H and O–H groups in total. The summed E-state index contributed by atoms with van der Waals surface area (Å²) in [5, 5.41) is 0. The molecule has 28 heavy (non-hydrogen) atoms. The fraction of sp³-hybridized carbons (Fsp3) is 0.500. The van der Waals surface area contributed by atoms with E-state index in [2.05, 4.69) is 4.74 Å². The van der Waals surface area contributed by atoms with Crippen molar-refractivity contribution in [3.05, 3.63) is 44.5 Å². The van der Waals surface area contributed by atoms with Gasteiger partial charge in [-0.15, -0.1) is 0 Å². The average molecular weight is 392 g/mol. The Hall–Kier alpha value is -3.01. The summed E-state index contributed by atoms with van der Waals surface area (Å²) in [6, 6.07) is 2.98. The molecule has 1 fully saturated rings. The number of nitrogens with two attached hydrogens (primary N) is 1. The van der Waals surface area contributed by atoms with Crippen molar-refractivity contribution in [1.29, 1.82) is 0 Å². The molecule has 0 aliphatic carbocycles. The van der Waals surface area contributed by atoms with Gasteiger partial charge in [-0.05, 0) is 18.6 Å². The number of ether oxygens (including phenoxy) is 2. The van der Waals surface area contributed by atoms with Gasteiger partial charge in [-0.1, -0.05) is 6.92 Å². The Labute approximate surface area is 161 Å². The van der Waals surface area contributed by atoms with Gasteiger partial charge in [-0.25, -0.2) is 9.59 Å². The molecule has 1 saturated heterocycles. The normalized spacial score (nSPS) is 14.3. The maximum Gasteiger partial charge on any atom is 0.373 e. The Balaban J connectivity index is 2.07. The average Bonchev–Trinajstić information content (AvgIpc) is 3.17. The minimum Gasteiger partial charge on any atom is -0.463 e. The third kappa shape index (κ3) is 3.68. The fourth-order valence-corrected chi connectivity index (χ4v) is 3.19. The van der Waals surface area contributed by atoms with E-state index in [1.807, 2.05) is 11.8 Å². The van der Waals surface area contributed by atoms with Crippen LogP contribution >= 0.6 is 0 Å². The van der Waals surface area contributed by atoms with E-state index < -0.39 is 17.2 Å². The standard InChI is InChI=1S/C18H24N4O6/c1-3-6-21-15(19)14(20-7-9-27-10-8-20)16(23)22(18(21)25)11-12-4-5-13(28-12)17(24)26-2/h4-5H,3,6-11,19H2,1-2H3. The second-order valence-electron chi connectivity index (χ2n) is 6.42. The summed E-state index contributed by atoms with van der Waals surface area (Å²) in [7, 11) is 1.24. The SMILES string of the molecule is CCCn1c(N)c(N2CCOCC2)c(=O)n(Cc2ccc(C(=O)OC)o2)c1=O. The van der Waals surface area contributed by atoms with E-state index in [9.17, 15) is 14.4 Å². The number of hydrogen-bond donors (Lipinski definition) is 1.